The molecule has 0 bridgehead atoms. The van der Waals surface area contributed by atoms with Gasteiger partial charge < -0.3 is 14.2 Å². The lowest BCUT2D eigenvalue weighted by atomic mass is 10.1. The van der Waals surface area contributed by atoms with Crippen LogP contribution in [0.3, 0.4) is 0 Å². The van der Waals surface area contributed by atoms with Crippen LogP contribution in [0.5, 0.6) is 0 Å². The summed E-state index contributed by atoms with van der Waals surface area (Å²) in [5.74, 6) is 1.45. The maximum absolute atomic E-state index is 12.7. The largest absolute Gasteiger partial charge is 0.441 e. The average Bonchev–Trinajstić information content (AvgIpc) is 3.23. The molecule has 5 nitrogen and oxygen atoms in total. The molecule has 156 valence electrons. The summed E-state index contributed by atoms with van der Waals surface area (Å²) in [6, 6.07) is 13.8. The molecule has 0 unspecified atom stereocenters. The first-order valence-corrected chi connectivity index (χ1v) is 11.2. The number of aryl methyl sites for hydroxylation is 2. The first-order valence-electron chi connectivity index (χ1n) is 9.99. The monoisotopic (exact) mass is 487 g/mol. The van der Waals surface area contributed by atoms with E-state index in [-0.39, 0.29) is 5.91 Å². The molecule has 1 saturated heterocycles. The molecule has 1 fully saturated rings. The number of hydrogen-bond donors (Lipinski definition) is 0. The van der Waals surface area contributed by atoms with Crippen LogP contribution in [0.1, 0.15) is 17.9 Å². The second kappa shape index (κ2) is 9.23. The van der Waals surface area contributed by atoms with Gasteiger partial charge >= 0.3 is 0 Å². The molecule has 1 aliphatic heterocycles. The van der Waals surface area contributed by atoms with Crippen LogP contribution >= 0.6 is 27.5 Å². The van der Waals surface area contributed by atoms with Gasteiger partial charge in [-0.15, -0.1) is 0 Å². The molecule has 0 radical (unpaired) electrons. The number of carbonyl (C=O) groups is 1. The fourth-order valence-corrected chi connectivity index (χ4v) is 4.10. The summed E-state index contributed by atoms with van der Waals surface area (Å²) in [5, 5.41) is 0.738. The number of nitrogens with zero attached hydrogens (tertiary/aromatic N) is 3. The van der Waals surface area contributed by atoms with Crippen molar-refractivity contribution >= 4 is 39.1 Å². The number of carbonyl (C=O) groups excluding carboxylic acids is 1. The van der Waals surface area contributed by atoms with Gasteiger partial charge in [-0.05, 0) is 36.8 Å². The second-order valence-corrected chi connectivity index (χ2v) is 8.78. The van der Waals surface area contributed by atoms with Gasteiger partial charge in [-0.1, -0.05) is 45.7 Å². The Morgan fingerprint density at radius 2 is 1.87 bits per heavy atom. The molecular weight excluding hydrogens is 466 g/mol. The lowest BCUT2D eigenvalue weighted by molar-refractivity contribution is -0.131. The summed E-state index contributed by atoms with van der Waals surface area (Å²) in [6.07, 6.45) is 2.62. The Morgan fingerprint density at radius 3 is 2.60 bits per heavy atom. The molecule has 0 saturated carbocycles. The third-order valence-electron chi connectivity index (χ3n) is 5.38. The van der Waals surface area contributed by atoms with Gasteiger partial charge in [0.15, 0.2) is 11.7 Å². The van der Waals surface area contributed by atoms with Gasteiger partial charge in [-0.2, -0.15) is 0 Å². The number of rotatable bonds is 5. The lowest BCUT2D eigenvalue weighted by Crippen LogP contribution is -2.49. The maximum Gasteiger partial charge on any atom is 0.223 e. The SMILES string of the molecule is Cc1ccc(Cl)cc1N1CCN(C(=O)CCc2ncc(-c3ccc(Br)cc3)o2)CC1. The zero-order chi connectivity index (χ0) is 21.1. The van der Waals surface area contributed by atoms with Crippen LogP contribution in [-0.2, 0) is 11.2 Å². The molecular formula is C23H23BrClN3O2. The molecule has 1 amide bonds. The van der Waals surface area contributed by atoms with Gasteiger partial charge in [0.1, 0.15) is 0 Å². The predicted octanol–water partition coefficient (Wildman–Crippen LogP) is 5.35. The molecule has 30 heavy (non-hydrogen) atoms. The molecule has 4 rings (SSSR count). The summed E-state index contributed by atoms with van der Waals surface area (Å²) in [6.45, 7) is 5.11. The van der Waals surface area contributed by atoms with E-state index in [0.29, 0.717) is 31.8 Å². The highest BCUT2D eigenvalue weighted by Crippen LogP contribution is 2.26. The number of piperazine rings is 1. The van der Waals surface area contributed by atoms with Crippen molar-refractivity contribution in [3.63, 3.8) is 0 Å². The van der Waals surface area contributed by atoms with Crippen molar-refractivity contribution in [2.45, 2.75) is 19.8 Å². The Labute approximate surface area is 189 Å². The van der Waals surface area contributed by atoms with Crippen molar-refractivity contribution in [3.8, 4) is 11.3 Å². The Balaban J connectivity index is 1.29. The summed E-state index contributed by atoms with van der Waals surface area (Å²) in [4.78, 5) is 21.2. The molecule has 2 aromatic carbocycles. The Bertz CT molecular complexity index is 1030. The van der Waals surface area contributed by atoms with Crippen molar-refractivity contribution < 1.29 is 9.21 Å². The van der Waals surface area contributed by atoms with E-state index in [1.807, 2.05) is 47.4 Å². The summed E-state index contributed by atoms with van der Waals surface area (Å²) >= 11 is 9.58. The molecule has 0 atom stereocenters. The van der Waals surface area contributed by atoms with Gasteiger partial charge in [-0.25, -0.2) is 4.98 Å². The Morgan fingerprint density at radius 1 is 1.13 bits per heavy atom. The first kappa shape index (κ1) is 20.9. The van der Waals surface area contributed by atoms with Gasteiger partial charge in [-0.3, -0.25) is 4.79 Å². The standard InChI is InChI=1S/C23H23BrClN3O2/c1-16-2-7-19(25)14-20(16)27-10-12-28(13-11-27)23(29)9-8-22-26-15-21(30-22)17-3-5-18(24)6-4-17/h2-7,14-15H,8-13H2,1H3. The number of anilines is 1. The molecule has 3 aromatic rings. The third-order valence-corrected chi connectivity index (χ3v) is 6.14. The predicted molar refractivity (Wildman–Crippen MR) is 123 cm³/mol. The highest BCUT2D eigenvalue weighted by molar-refractivity contribution is 9.10. The van der Waals surface area contributed by atoms with E-state index in [1.54, 1.807) is 6.20 Å². The summed E-state index contributed by atoms with van der Waals surface area (Å²) in [5.41, 5.74) is 3.32. The maximum atomic E-state index is 12.7. The van der Waals surface area contributed by atoms with Crippen molar-refractivity contribution in [1.29, 1.82) is 0 Å². The van der Waals surface area contributed by atoms with Crippen LogP contribution in [-0.4, -0.2) is 42.0 Å². The first-order chi connectivity index (χ1) is 14.5. The summed E-state index contributed by atoms with van der Waals surface area (Å²) < 4.78 is 6.84. The van der Waals surface area contributed by atoms with Crippen molar-refractivity contribution in [2.24, 2.45) is 0 Å². The van der Waals surface area contributed by atoms with E-state index in [9.17, 15) is 4.79 Å². The number of amides is 1. The van der Waals surface area contributed by atoms with E-state index in [0.717, 1.165) is 39.6 Å². The van der Waals surface area contributed by atoms with Crippen LogP contribution in [0.2, 0.25) is 5.02 Å². The quantitative estimate of drug-likeness (QED) is 0.486. The van der Waals surface area contributed by atoms with Crippen LogP contribution in [0.15, 0.2) is 57.6 Å². The zero-order valence-electron chi connectivity index (χ0n) is 16.8. The zero-order valence-corrected chi connectivity index (χ0v) is 19.1. The third kappa shape index (κ3) is 4.87. The minimum atomic E-state index is 0.140. The fourth-order valence-electron chi connectivity index (χ4n) is 3.67. The summed E-state index contributed by atoms with van der Waals surface area (Å²) in [7, 11) is 0. The molecule has 2 heterocycles. The van der Waals surface area contributed by atoms with Crippen molar-refractivity contribution in [2.75, 3.05) is 31.1 Å². The van der Waals surface area contributed by atoms with Gasteiger partial charge in [0.2, 0.25) is 5.91 Å². The van der Waals surface area contributed by atoms with E-state index in [2.05, 4.69) is 32.7 Å². The van der Waals surface area contributed by atoms with Gasteiger partial charge in [0, 0.05) is 59.8 Å². The molecule has 0 aliphatic carbocycles. The van der Waals surface area contributed by atoms with Crippen LogP contribution in [0, 0.1) is 6.92 Å². The molecule has 7 heteroatoms. The number of aromatic nitrogens is 1. The highest BCUT2D eigenvalue weighted by Gasteiger charge is 2.22. The molecule has 1 aromatic heterocycles. The topological polar surface area (TPSA) is 49.6 Å². The van der Waals surface area contributed by atoms with E-state index in [1.165, 1.54) is 5.56 Å². The van der Waals surface area contributed by atoms with E-state index >= 15 is 0 Å². The molecule has 0 N–H and O–H groups in total. The van der Waals surface area contributed by atoms with Crippen molar-refractivity contribution in [1.82, 2.24) is 9.88 Å². The van der Waals surface area contributed by atoms with Gasteiger partial charge in [0.05, 0.1) is 6.20 Å². The minimum Gasteiger partial charge on any atom is -0.441 e. The Hall–Kier alpha value is -2.31. The lowest BCUT2D eigenvalue weighted by Gasteiger charge is -2.37. The molecule has 0 spiro atoms. The minimum absolute atomic E-state index is 0.140. The van der Waals surface area contributed by atoms with Crippen molar-refractivity contribution in [3.05, 3.63) is 69.6 Å². The fraction of sp³-hybridized carbons (Fsp3) is 0.304. The van der Waals surface area contributed by atoms with Crippen LogP contribution < -0.4 is 4.90 Å². The molecule has 1 aliphatic rings. The number of benzene rings is 2. The second-order valence-electron chi connectivity index (χ2n) is 7.42. The average molecular weight is 489 g/mol. The number of hydrogen-bond acceptors (Lipinski definition) is 4. The van der Waals surface area contributed by atoms with Gasteiger partial charge in [0.25, 0.3) is 0 Å². The van der Waals surface area contributed by atoms with Crippen LogP contribution in [0.4, 0.5) is 5.69 Å². The van der Waals surface area contributed by atoms with Crippen LogP contribution in [0.25, 0.3) is 11.3 Å². The smallest absolute Gasteiger partial charge is 0.223 e. The van der Waals surface area contributed by atoms with E-state index < -0.39 is 0 Å². The number of halogens is 2. The normalized spacial score (nSPS) is 14.2. The number of oxazole rings is 1. The van der Waals surface area contributed by atoms with E-state index in [4.69, 9.17) is 16.0 Å². The Kier molecular flexibility index (Phi) is 6.44. The highest BCUT2D eigenvalue weighted by atomic mass is 79.9.